The van der Waals surface area contributed by atoms with Gasteiger partial charge in [-0.15, -0.1) is 24.0 Å². The first kappa shape index (κ1) is 21.0. The fraction of sp³-hybridized carbons (Fsp3) is 0.944. The maximum atomic E-state index is 4.98. The molecular weight excluding hydrogens is 399 g/mol. The molecule has 0 saturated carbocycles. The van der Waals surface area contributed by atoms with Crippen LogP contribution in [0.4, 0.5) is 0 Å². The van der Waals surface area contributed by atoms with Crippen LogP contribution < -0.4 is 5.32 Å². The van der Waals surface area contributed by atoms with Crippen LogP contribution in [0.25, 0.3) is 0 Å². The third-order valence-corrected chi connectivity index (χ3v) is 5.88. The Morgan fingerprint density at radius 1 is 1.22 bits per heavy atom. The van der Waals surface area contributed by atoms with Gasteiger partial charge in [-0.3, -0.25) is 4.99 Å². The average Bonchev–Trinajstić information content (AvgIpc) is 2.89. The Balaban J connectivity index is 0.00000264. The second-order valence-corrected chi connectivity index (χ2v) is 8.18. The molecule has 1 N–H and O–H groups in total. The fourth-order valence-corrected chi connectivity index (χ4v) is 3.59. The predicted molar refractivity (Wildman–Crippen MR) is 111 cm³/mol. The summed E-state index contributed by atoms with van der Waals surface area (Å²) in [6, 6.07) is 0. The largest absolute Gasteiger partial charge is 0.356 e. The summed E-state index contributed by atoms with van der Waals surface area (Å²) in [6.07, 6.45) is 2.56. The number of hydrogen-bond acceptors (Lipinski definition) is 2. The van der Waals surface area contributed by atoms with Gasteiger partial charge >= 0.3 is 0 Å². The Morgan fingerprint density at radius 2 is 1.91 bits per heavy atom. The molecule has 0 bridgehead atoms. The Labute approximate surface area is 160 Å². The molecule has 0 aromatic carbocycles. The molecular formula is C18H37IN4. The minimum absolute atomic E-state index is 0. The van der Waals surface area contributed by atoms with Crippen molar-refractivity contribution in [3.63, 3.8) is 0 Å². The molecule has 0 radical (unpaired) electrons. The Kier molecular flexibility index (Phi) is 7.64. The van der Waals surface area contributed by atoms with E-state index in [1.54, 1.807) is 0 Å². The molecule has 0 aliphatic carbocycles. The highest BCUT2D eigenvalue weighted by Gasteiger charge is 2.53. The summed E-state index contributed by atoms with van der Waals surface area (Å²) in [5.41, 5.74) is 0.534. The number of guanidine groups is 1. The second kappa shape index (κ2) is 8.37. The van der Waals surface area contributed by atoms with Gasteiger partial charge in [0, 0.05) is 37.1 Å². The van der Waals surface area contributed by atoms with Gasteiger partial charge in [0.2, 0.25) is 0 Å². The molecule has 2 rings (SSSR count). The Morgan fingerprint density at radius 3 is 2.43 bits per heavy atom. The van der Waals surface area contributed by atoms with Gasteiger partial charge in [0.15, 0.2) is 5.96 Å². The zero-order valence-corrected chi connectivity index (χ0v) is 18.3. The summed E-state index contributed by atoms with van der Waals surface area (Å²) in [6.45, 7) is 20.5. The van der Waals surface area contributed by atoms with E-state index in [1.165, 1.54) is 32.5 Å². The minimum Gasteiger partial charge on any atom is -0.356 e. The first-order valence-corrected chi connectivity index (χ1v) is 9.10. The Hall–Kier alpha value is -0.0400. The first-order valence-electron chi connectivity index (χ1n) is 9.10. The molecule has 2 saturated heterocycles. The highest BCUT2D eigenvalue weighted by atomic mass is 127. The van der Waals surface area contributed by atoms with Gasteiger partial charge in [-0.05, 0) is 52.6 Å². The number of nitrogens with one attached hydrogen (secondary N) is 1. The topological polar surface area (TPSA) is 30.9 Å². The van der Waals surface area contributed by atoms with Crippen molar-refractivity contribution in [2.24, 2.45) is 16.3 Å². The fourth-order valence-electron chi connectivity index (χ4n) is 3.59. The molecule has 0 aromatic heterocycles. The SMILES string of the molecule is CCCN1CCC(CN=C(NCC)N2CC(C)(C)C2(C)C)C1.I. The van der Waals surface area contributed by atoms with Crippen molar-refractivity contribution in [2.45, 2.75) is 59.9 Å². The smallest absolute Gasteiger partial charge is 0.194 e. The van der Waals surface area contributed by atoms with E-state index in [4.69, 9.17) is 4.99 Å². The summed E-state index contributed by atoms with van der Waals surface area (Å²) in [7, 11) is 0. The van der Waals surface area contributed by atoms with E-state index in [9.17, 15) is 0 Å². The van der Waals surface area contributed by atoms with Crippen molar-refractivity contribution in [1.29, 1.82) is 0 Å². The first-order chi connectivity index (χ1) is 10.3. The third-order valence-electron chi connectivity index (χ3n) is 5.88. The van der Waals surface area contributed by atoms with E-state index in [0.29, 0.717) is 5.41 Å². The lowest BCUT2D eigenvalue weighted by atomic mass is 9.65. The van der Waals surface area contributed by atoms with Gasteiger partial charge in [0.25, 0.3) is 0 Å². The van der Waals surface area contributed by atoms with Crippen LogP contribution in [0.3, 0.4) is 0 Å². The van der Waals surface area contributed by atoms with Crippen molar-refractivity contribution < 1.29 is 0 Å². The molecule has 1 unspecified atom stereocenters. The van der Waals surface area contributed by atoms with E-state index in [-0.39, 0.29) is 29.5 Å². The number of aliphatic imine (C=N–C) groups is 1. The van der Waals surface area contributed by atoms with Crippen molar-refractivity contribution in [3.05, 3.63) is 0 Å². The molecule has 0 amide bonds. The standard InChI is InChI=1S/C18H36N4.HI/c1-7-10-21-11-9-15(13-21)12-20-16(19-8-2)22-14-17(3,4)18(22,5)6;/h15H,7-14H2,1-6H3,(H,19,20);1H. The van der Waals surface area contributed by atoms with Crippen LogP contribution in [0.2, 0.25) is 0 Å². The van der Waals surface area contributed by atoms with Gasteiger partial charge in [-0.2, -0.15) is 0 Å². The van der Waals surface area contributed by atoms with E-state index in [2.05, 4.69) is 56.7 Å². The van der Waals surface area contributed by atoms with Crippen molar-refractivity contribution in [2.75, 3.05) is 39.3 Å². The summed E-state index contributed by atoms with van der Waals surface area (Å²) < 4.78 is 0. The monoisotopic (exact) mass is 436 g/mol. The maximum absolute atomic E-state index is 4.98. The van der Waals surface area contributed by atoms with Gasteiger partial charge < -0.3 is 15.1 Å². The van der Waals surface area contributed by atoms with E-state index in [0.717, 1.165) is 31.5 Å². The zero-order chi connectivity index (χ0) is 16.4. The molecule has 0 aromatic rings. The molecule has 1 atom stereocenters. The average molecular weight is 436 g/mol. The molecule has 0 spiro atoms. The van der Waals surface area contributed by atoms with Crippen molar-refractivity contribution in [3.8, 4) is 0 Å². The second-order valence-electron chi connectivity index (χ2n) is 8.18. The van der Waals surface area contributed by atoms with E-state index >= 15 is 0 Å². The molecule has 2 heterocycles. The molecule has 2 aliphatic heterocycles. The van der Waals surface area contributed by atoms with Crippen molar-refractivity contribution >= 4 is 29.9 Å². The van der Waals surface area contributed by atoms with E-state index < -0.39 is 0 Å². The molecule has 2 fully saturated rings. The van der Waals surface area contributed by atoms with E-state index in [1.807, 2.05) is 0 Å². The number of likely N-dealkylation sites (tertiary alicyclic amines) is 2. The summed E-state index contributed by atoms with van der Waals surface area (Å²) in [4.78, 5) is 10.0. The van der Waals surface area contributed by atoms with Crippen molar-refractivity contribution in [1.82, 2.24) is 15.1 Å². The van der Waals surface area contributed by atoms with Crippen LogP contribution in [0.15, 0.2) is 4.99 Å². The maximum Gasteiger partial charge on any atom is 0.194 e. The summed E-state index contributed by atoms with van der Waals surface area (Å²) >= 11 is 0. The highest BCUT2D eigenvalue weighted by molar-refractivity contribution is 14.0. The Bertz CT molecular complexity index is 406. The molecule has 23 heavy (non-hydrogen) atoms. The minimum atomic E-state index is 0. The normalized spacial score (nSPS) is 26.6. The molecule has 4 nitrogen and oxygen atoms in total. The molecule has 2 aliphatic rings. The van der Waals surface area contributed by atoms with Crippen LogP contribution in [0.1, 0.15) is 54.4 Å². The molecule has 5 heteroatoms. The summed E-state index contributed by atoms with van der Waals surface area (Å²) in [5.74, 6) is 1.85. The van der Waals surface area contributed by atoms with Crippen LogP contribution >= 0.6 is 24.0 Å². The predicted octanol–water partition coefficient (Wildman–Crippen LogP) is 3.42. The van der Waals surface area contributed by atoms with Gasteiger partial charge in [-0.25, -0.2) is 0 Å². The quantitative estimate of drug-likeness (QED) is 0.407. The lowest BCUT2D eigenvalue weighted by molar-refractivity contribution is -0.0668. The lowest BCUT2D eigenvalue weighted by Crippen LogP contribution is -2.72. The number of hydrogen-bond donors (Lipinski definition) is 1. The van der Waals surface area contributed by atoms with Crippen LogP contribution in [0, 0.1) is 11.3 Å². The summed E-state index contributed by atoms with van der Waals surface area (Å²) in [5, 5.41) is 3.50. The van der Waals surface area contributed by atoms with Crippen LogP contribution in [-0.4, -0.2) is 60.6 Å². The zero-order valence-electron chi connectivity index (χ0n) is 16.0. The van der Waals surface area contributed by atoms with Gasteiger partial charge in [0.05, 0.1) is 0 Å². The highest BCUT2D eigenvalue weighted by Crippen LogP contribution is 2.46. The van der Waals surface area contributed by atoms with Crippen LogP contribution in [-0.2, 0) is 0 Å². The van der Waals surface area contributed by atoms with Gasteiger partial charge in [-0.1, -0.05) is 20.8 Å². The number of nitrogens with zero attached hydrogens (tertiary/aromatic N) is 3. The number of rotatable bonds is 5. The van der Waals surface area contributed by atoms with Gasteiger partial charge in [0.1, 0.15) is 0 Å². The third kappa shape index (κ3) is 4.53. The number of halogens is 1. The lowest BCUT2D eigenvalue weighted by Gasteiger charge is -2.62. The van der Waals surface area contributed by atoms with Crippen LogP contribution in [0.5, 0.6) is 0 Å². The molecule has 136 valence electrons.